The van der Waals surface area contributed by atoms with Gasteiger partial charge in [-0.05, 0) is 48.9 Å². The number of fused-ring (bicyclic) bond motifs is 1. The topological polar surface area (TPSA) is 46.1 Å². The molecule has 4 heteroatoms. The minimum absolute atomic E-state index is 0.0597. The van der Waals surface area contributed by atoms with Gasteiger partial charge in [0.05, 0.1) is 0 Å². The maximum atomic E-state index is 11.7. The van der Waals surface area contributed by atoms with E-state index in [1.807, 2.05) is 17.7 Å². The van der Waals surface area contributed by atoms with Crippen LogP contribution in [0.5, 0.6) is 0 Å². The molecule has 0 unspecified atom stereocenters. The lowest BCUT2D eigenvalue weighted by atomic mass is 10.1. The zero-order valence-electron chi connectivity index (χ0n) is 11.9. The number of amides is 1. The Kier molecular flexibility index (Phi) is 3.74. The van der Waals surface area contributed by atoms with Crippen molar-refractivity contribution in [3.8, 4) is 0 Å². The van der Waals surface area contributed by atoms with Gasteiger partial charge in [0.15, 0.2) is 0 Å². The Morgan fingerprint density at radius 2 is 2.20 bits per heavy atom. The summed E-state index contributed by atoms with van der Waals surface area (Å²) < 4.78 is 2.00. The first kappa shape index (κ1) is 13.2. The molecule has 0 radical (unpaired) electrons. The molecule has 1 aliphatic carbocycles. The molecule has 1 aromatic carbocycles. The van der Waals surface area contributed by atoms with E-state index in [2.05, 4.69) is 34.9 Å². The highest BCUT2D eigenvalue weighted by atomic mass is 16.1. The van der Waals surface area contributed by atoms with Crippen molar-refractivity contribution in [3.05, 3.63) is 36.0 Å². The Balaban J connectivity index is 1.73. The van der Waals surface area contributed by atoms with Gasteiger partial charge in [-0.25, -0.2) is 0 Å². The highest BCUT2D eigenvalue weighted by Gasteiger charge is 2.19. The highest BCUT2D eigenvalue weighted by molar-refractivity contribution is 5.83. The van der Waals surface area contributed by atoms with Gasteiger partial charge in [-0.2, -0.15) is 0 Å². The van der Waals surface area contributed by atoms with Gasteiger partial charge in [0.25, 0.3) is 0 Å². The van der Waals surface area contributed by atoms with Crippen molar-refractivity contribution in [2.24, 2.45) is 0 Å². The number of carbonyl (C=O) groups excluding carboxylic acids is 1. The SMILES string of the molecule is CCNC(=O)Cn1ccc2cc(CNC3CC3)ccc21. The summed E-state index contributed by atoms with van der Waals surface area (Å²) in [5.41, 5.74) is 2.42. The van der Waals surface area contributed by atoms with Crippen LogP contribution in [0.25, 0.3) is 10.9 Å². The number of carbonyl (C=O) groups is 1. The van der Waals surface area contributed by atoms with E-state index in [1.165, 1.54) is 23.8 Å². The van der Waals surface area contributed by atoms with Gasteiger partial charge >= 0.3 is 0 Å². The molecule has 106 valence electrons. The van der Waals surface area contributed by atoms with E-state index in [4.69, 9.17) is 0 Å². The third kappa shape index (κ3) is 3.02. The number of nitrogens with one attached hydrogen (secondary N) is 2. The minimum atomic E-state index is 0.0597. The number of likely N-dealkylation sites (N-methyl/N-ethyl adjacent to an activating group) is 1. The number of hydrogen-bond acceptors (Lipinski definition) is 2. The zero-order chi connectivity index (χ0) is 13.9. The smallest absolute Gasteiger partial charge is 0.239 e. The summed E-state index contributed by atoms with van der Waals surface area (Å²) in [5.74, 6) is 0.0597. The number of nitrogens with zero attached hydrogens (tertiary/aromatic N) is 1. The van der Waals surface area contributed by atoms with Crippen LogP contribution in [0.4, 0.5) is 0 Å². The van der Waals surface area contributed by atoms with Gasteiger partial charge in [0, 0.05) is 30.8 Å². The largest absolute Gasteiger partial charge is 0.355 e. The van der Waals surface area contributed by atoms with Gasteiger partial charge in [-0.3, -0.25) is 4.79 Å². The molecule has 0 atom stereocenters. The molecule has 1 saturated carbocycles. The molecule has 0 saturated heterocycles. The van der Waals surface area contributed by atoms with Crippen LogP contribution >= 0.6 is 0 Å². The van der Waals surface area contributed by atoms with Crippen molar-refractivity contribution < 1.29 is 4.79 Å². The normalized spacial score (nSPS) is 14.7. The summed E-state index contributed by atoms with van der Waals surface area (Å²) in [6, 6.07) is 9.27. The van der Waals surface area contributed by atoms with Crippen LogP contribution in [0.15, 0.2) is 30.5 Å². The van der Waals surface area contributed by atoms with Crippen molar-refractivity contribution in [3.63, 3.8) is 0 Å². The van der Waals surface area contributed by atoms with Crippen molar-refractivity contribution in [2.45, 2.75) is 38.9 Å². The Morgan fingerprint density at radius 3 is 2.95 bits per heavy atom. The second-order valence-electron chi connectivity index (χ2n) is 5.45. The summed E-state index contributed by atoms with van der Waals surface area (Å²) in [4.78, 5) is 11.7. The fourth-order valence-electron chi connectivity index (χ4n) is 2.45. The summed E-state index contributed by atoms with van der Waals surface area (Å²) in [6.45, 7) is 3.93. The standard InChI is InChI=1S/C16H21N3O/c1-2-17-16(20)11-19-8-7-13-9-12(3-6-15(13)19)10-18-14-4-5-14/h3,6-9,14,18H,2,4-5,10-11H2,1H3,(H,17,20). The number of rotatable bonds is 6. The molecule has 4 nitrogen and oxygen atoms in total. The van der Waals surface area contributed by atoms with E-state index in [-0.39, 0.29) is 5.91 Å². The van der Waals surface area contributed by atoms with Crippen LogP contribution < -0.4 is 10.6 Å². The van der Waals surface area contributed by atoms with Gasteiger partial charge in [-0.15, -0.1) is 0 Å². The highest BCUT2D eigenvalue weighted by Crippen LogP contribution is 2.21. The first-order chi connectivity index (χ1) is 9.76. The van der Waals surface area contributed by atoms with Crippen molar-refractivity contribution in [2.75, 3.05) is 6.54 Å². The van der Waals surface area contributed by atoms with E-state index in [9.17, 15) is 4.79 Å². The van der Waals surface area contributed by atoms with Crippen molar-refractivity contribution in [1.29, 1.82) is 0 Å². The summed E-state index contributed by atoms with van der Waals surface area (Å²) in [5, 5.41) is 7.55. The molecule has 0 spiro atoms. The predicted octanol–water partition coefficient (Wildman–Crippen LogP) is 2.03. The monoisotopic (exact) mass is 271 g/mol. The number of benzene rings is 1. The summed E-state index contributed by atoms with van der Waals surface area (Å²) in [6.07, 6.45) is 4.61. The number of aromatic nitrogens is 1. The molecule has 1 heterocycles. The Labute approximate surface area is 119 Å². The molecule has 20 heavy (non-hydrogen) atoms. The summed E-state index contributed by atoms with van der Waals surface area (Å²) in [7, 11) is 0. The fourth-order valence-corrected chi connectivity index (χ4v) is 2.45. The van der Waals surface area contributed by atoms with Gasteiger partial charge < -0.3 is 15.2 Å². The Morgan fingerprint density at radius 1 is 1.35 bits per heavy atom. The average molecular weight is 271 g/mol. The lowest BCUT2D eigenvalue weighted by molar-refractivity contribution is -0.121. The van der Waals surface area contributed by atoms with E-state index >= 15 is 0 Å². The summed E-state index contributed by atoms with van der Waals surface area (Å²) >= 11 is 0. The molecular weight excluding hydrogens is 250 g/mol. The average Bonchev–Trinajstić information content (AvgIpc) is 3.19. The number of hydrogen-bond donors (Lipinski definition) is 2. The second-order valence-corrected chi connectivity index (χ2v) is 5.45. The molecule has 1 amide bonds. The van der Waals surface area contributed by atoms with Crippen molar-refractivity contribution in [1.82, 2.24) is 15.2 Å². The Hall–Kier alpha value is -1.81. The van der Waals surface area contributed by atoms with Crippen LogP contribution in [0, 0.1) is 0 Å². The Bertz CT molecular complexity index is 613. The van der Waals surface area contributed by atoms with Crippen LogP contribution in [0.3, 0.4) is 0 Å². The molecule has 3 rings (SSSR count). The first-order valence-corrected chi connectivity index (χ1v) is 7.34. The maximum Gasteiger partial charge on any atom is 0.239 e. The van der Waals surface area contributed by atoms with Crippen LogP contribution in [-0.2, 0) is 17.9 Å². The molecular formula is C16H21N3O. The van der Waals surface area contributed by atoms with Crippen LogP contribution in [0.1, 0.15) is 25.3 Å². The van der Waals surface area contributed by atoms with E-state index in [0.29, 0.717) is 13.1 Å². The molecule has 2 N–H and O–H groups in total. The van der Waals surface area contributed by atoms with Crippen LogP contribution in [-0.4, -0.2) is 23.1 Å². The first-order valence-electron chi connectivity index (χ1n) is 7.34. The van der Waals surface area contributed by atoms with Gasteiger partial charge in [-0.1, -0.05) is 6.07 Å². The van der Waals surface area contributed by atoms with Gasteiger partial charge in [0.1, 0.15) is 6.54 Å². The lowest BCUT2D eigenvalue weighted by Gasteiger charge is -2.07. The molecule has 1 aliphatic rings. The van der Waals surface area contributed by atoms with Crippen molar-refractivity contribution >= 4 is 16.8 Å². The van der Waals surface area contributed by atoms with Crippen LogP contribution in [0.2, 0.25) is 0 Å². The molecule has 0 aliphatic heterocycles. The van der Waals surface area contributed by atoms with E-state index < -0.39 is 0 Å². The zero-order valence-corrected chi connectivity index (χ0v) is 11.9. The minimum Gasteiger partial charge on any atom is -0.355 e. The molecule has 1 fully saturated rings. The van der Waals surface area contributed by atoms with E-state index in [0.717, 1.165) is 18.1 Å². The van der Waals surface area contributed by atoms with E-state index in [1.54, 1.807) is 0 Å². The maximum absolute atomic E-state index is 11.7. The predicted molar refractivity (Wildman–Crippen MR) is 80.5 cm³/mol. The molecule has 1 aromatic heterocycles. The fraction of sp³-hybridized carbons (Fsp3) is 0.438. The molecule has 2 aromatic rings. The quantitative estimate of drug-likeness (QED) is 0.844. The lowest BCUT2D eigenvalue weighted by Crippen LogP contribution is -2.26. The third-order valence-electron chi connectivity index (χ3n) is 3.70. The second kappa shape index (κ2) is 5.67. The van der Waals surface area contributed by atoms with Gasteiger partial charge in [0.2, 0.25) is 5.91 Å². The third-order valence-corrected chi connectivity index (χ3v) is 3.70. The molecule has 0 bridgehead atoms.